The minimum Gasteiger partial charge on any atom is -0.321 e. The van der Waals surface area contributed by atoms with Crippen molar-refractivity contribution in [2.75, 3.05) is 11.6 Å². The second-order valence-electron chi connectivity index (χ2n) is 7.92. The van der Waals surface area contributed by atoms with E-state index in [2.05, 4.69) is 10.4 Å². The van der Waals surface area contributed by atoms with Gasteiger partial charge in [0.2, 0.25) is 0 Å². The molecule has 1 fully saturated rings. The Hall–Kier alpha value is -2.74. The van der Waals surface area contributed by atoms with E-state index < -0.39 is 21.6 Å². The largest absolute Gasteiger partial charge is 0.321 e. The molecule has 2 aromatic carbocycles. The van der Waals surface area contributed by atoms with Crippen LogP contribution in [0.1, 0.15) is 42.6 Å². The molecule has 0 aliphatic heterocycles. The molecule has 0 bridgehead atoms. The molecule has 1 aliphatic rings. The Labute approximate surface area is 175 Å². The molecule has 0 unspecified atom stereocenters. The highest BCUT2D eigenvalue weighted by molar-refractivity contribution is 7.90. The van der Waals surface area contributed by atoms with Gasteiger partial charge in [-0.05, 0) is 49.1 Å². The van der Waals surface area contributed by atoms with Crippen LogP contribution in [0.4, 0.5) is 10.1 Å². The Balaban J connectivity index is 1.71. The molecule has 30 heavy (non-hydrogen) atoms. The first kappa shape index (κ1) is 20.5. The molecular weight excluding hydrogens is 405 g/mol. The summed E-state index contributed by atoms with van der Waals surface area (Å²) < 4.78 is 39.9. The summed E-state index contributed by atoms with van der Waals surface area (Å²) in [5.74, 6) is -0.613. The van der Waals surface area contributed by atoms with E-state index in [-0.39, 0.29) is 16.0 Å². The van der Waals surface area contributed by atoms with Gasteiger partial charge in [0.1, 0.15) is 11.5 Å². The Morgan fingerprint density at radius 2 is 1.90 bits per heavy atom. The maximum absolute atomic E-state index is 14.6. The van der Waals surface area contributed by atoms with Crippen LogP contribution in [0.15, 0.2) is 47.4 Å². The number of anilines is 1. The predicted molar refractivity (Wildman–Crippen MR) is 114 cm³/mol. The van der Waals surface area contributed by atoms with E-state index in [0.717, 1.165) is 31.9 Å². The van der Waals surface area contributed by atoms with E-state index in [1.165, 1.54) is 24.6 Å². The average Bonchev–Trinajstić information content (AvgIpc) is 3.08. The first-order chi connectivity index (χ1) is 14.3. The number of hydrogen-bond acceptors (Lipinski definition) is 4. The summed E-state index contributed by atoms with van der Waals surface area (Å²) >= 11 is 0. The van der Waals surface area contributed by atoms with Crippen LogP contribution in [0.2, 0.25) is 0 Å². The number of carbonyl (C=O) groups excluding carboxylic acids is 1. The van der Waals surface area contributed by atoms with Crippen molar-refractivity contribution in [2.24, 2.45) is 5.92 Å². The molecule has 0 saturated heterocycles. The molecule has 1 heterocycles. The van der Waals surface area contributed by atoms with E-state index in [1.807, 2.05) is 0 Å². The lowest BCUT2D eigenvalue weighted by Crippen LogP contribution is -2.22. The molecule has 158 valence electrons. The molecule has 1 saturated carbocycles. The fourth-order valence-electron chi connectivity index (χ4n) is 4.11. The number of hydrogen-bond donors (Lipinski definition) is 1. The lowest BCUT2D eigenvalue weighted by atomic mass is 9.89. The number of carbonyl (C=O) groups is 1. The lowest BCUT2D eigenvalue weighted by molar-refractivity contribution is 0.101. The molecular formula is C22H24FN3O3S. The standard InChI is InChI=1S/C22H24FN3O3S/c1-30(28,29)17-10-5-9-16(13-17)24-22(27)21-20-18(23)11-6-12-19(20)25-26(21)14-15-7-3-2-4-8-15/h5-6,9-13,15H,2-4,7-8,14H2,1H3,(H,24,27). The minimum absolute atomic E-state index is 0.104. The van der Waals surface area contributed by atoms with Gasteiger partial charge in [-0.25, -0.2) is 12.8 Å². The molecule has 3 aromatic rings. The number of halogens is 1. The maximum atomic E-state index is 14.6. The molecule has 1 aliphatic carbocycles. The quantitative estimate of drug-likeness (QED) is 0.651. The van der Waals surface area contributed by atoms with Crippen LogP contribution >= 0.6 is 0 Å². The number of rotatable bonds is 5. The van der Waals surface area contributed by atoms with Crippen LogP contribution in [-0.2, 0) is 16.4 Å². The highest BCUT2D eigenvalue weighted by atomic mass is 32.2. The van der Waals surface area contributed by atoms with E-state index in [9.17, 15) is 17.6 Å². The van der Waals surface area contributed by atoms with Crippen molar-refractivity contribution in [3.05, 3.63) is 54.0 Å². The summed E-state index contributed by atoms with van der Waals surface area (Å²) in [5.41, 5.74) is 0.928. The van der Waals surface area contributed by atoms with Gasteiger partial charge in [-0.2, -0.15) is 5.10 Å². The minimum atomic E-state index is -3.41. The third-order valence-corrected chi connectivity index (χ3v) is 6.72. The molecule has 0 radical (unpaired) electrons. The molecule has 0 atom stereocenters. The van der Waals surface area contributed by atoms with Gasteiger partial charge in [0, 0.05) is 18.5 Å². The summed E-state index contributed by atoms with van der Waals surface area (Å²) in [5, 5.41) is 7.42. The van der Waals surface area contributed by atoms with Crippen LogP contribution in [0.25, 0.3) is 10.9 Å². The zero-order chi connectivity index (χ0) is 21.3. The van der Waals surface area contributed by atoms with Gasteiger partial charge in [0.15, 0.2) is 9.84 Å². The maximum Gasteiger partial charge on any atom is 0.274 e. The van der Waals surface area contributed by atoms with Crippen LogP contribution in [-0.4, -0.2) is 30.4 Å². The summed E-state index contributed by atoms with van der Waals surface area (Å²) in [7, 11) is -3.41. The van der Waals surface area contributed by atoms with Crippen molar-refractivity contribution in [2.45, 2.75) is 43.5 Å². The normalized spacial score (nSPS) is 15.4. The van der Waals surface area contributed by atoms with Crippen LogP contribution in [0, 0.1) is 11.7 Å². The highest BCUT2D eigenvalue weighted by Gasteiger charge is 2.24. The number of benzene rings is 2. The Kier molecular flexibility index (Phi) is 5.60. The van der Waals surface area contributed by atoms with Gasteiger partial charge >= 0.3 is 0 Å². The van der Waals surface area contributed by atoms with Crippen molar-refractivity contribution in [3.8, 4) is 0 Å². The van der Waals surface area contributed by atoms with Crippen molar-refractivity contribution in [1.82, 2.24) is 9.78 Å². The fourth-order valence-corrected chi connectivity index (χ4v) is 4.78. The predicted octanol–water partition coefficient (Wildman–Crippen LogP) is 4.41. The average molecular weight is 430 g/mol. The molecule has 0 spiro atoms. The van der Waals surface area contributed by atoms with Crippen molar-refractivity contribution < 1.29 is 17.6 Å². The Morgan fingerprint density at radius 3 is 2.63 bits per heavy atom. The lowest BCUT2D eigenvalue weighted by Gasteiger charge is -2.22. The van der Waals surface area contributed by atoms with E-state index >= 15 is 0 Å². The molecule has 1 amide bonds. The monoisotopic (exact) mass is 429 g/mol. The number of aromatic nitrogens is 2. The van der Waals surface area contributed by atoms with Gasteiger partial charge in [0.25, 0.3) is 5.91 Å². The number of amides is 1. The van der Waals surface area contributed by atoms with Crippen molar-refractivity contribution in [3.63, 3.8) is 0 Å². The summed E-state index contributed by atoms with van der Waals surface area (Å²) in [6.07, 6.45) is 6.76. The molecule has 1 N–H and O–H groups in total. The number of fused-ring (bicyclic) bond motifs is 1. The van der Waals surface area contributed by atoms with Crippen LogP contribution < -0.4 is 5.32 Å². The first-order valence-electron chi connectivity index (χ1n) is 10.1. The van der Waals surface area contributed by atoms with E-state index in [1.54, 1.807) is 28.9 Å². The third kappa shape index (κ3) is 4.23. The zero-order valence-electron chi connectivity index (χ0n) is 16.8. The van der Waals surface area contributed by atoms with Gasteiger partial charge < -0.3 is 5.32 Å². The summed E-state index contributed by atoms with van der Waals surface area (Å²) in [6.45, 7) is 0.556. The van der Waals surface area contributed by atoms with Gasteiger partial charge in [-0.15, -0.1) is 0 Å². The van der Waals surface area contributed by atoms with Crippen molar-refractivity contribution >= 4 is 32.3 Å². The highest BCUT2D eigenvalue weighted by Crippen LogP contribution is 2.28. The Bertz CT molecular complexity index is 1200. The SMILES string of the molecule is CS(=O)(=O)c1cccc(NC(=O)c2c3c(F)cccc3nn2CC2CCCCC2)c1. The zero-order valence-corrected chi connectivity index (χ0v) is 17.6. The fraction of sp³-hybridized carbons (Fsp3) is 0.364. The Morgan fingerprint density at radius 1 is 1.17 bits per heavy atom. The second-order valence-corrected chi connectivity index (χ2v) is 9.94. The molecule has 1 aromatic heterocycles. The first-order valence-corrected chi connectivity index (χ1v) is 12.0. The van der Waals surface area contributed by atoms with Gasteiger partial charge in [0.05, 0.1) is 15.8 Å². The van der Waals surface area contributed by atoms with Crippen LogP contribution in [0.3, 0.4) is 0 Å². The number of sulfone groups is 1. The summed E-state index contributed by atoms with van der Waals surface area (Å²) in [6, 6.07) is 10.6. The summed E-state index contributed by atoms with van der Waals surface area (Å²) in [4.78, 5) is 13.3. The van der Waals surface area contributed by atoms with Crippen molar-refractivity contribution in [1.29, 1.82) is 0 Å². The topological polar surface area (TPSA) is 81.1 Å². The third-order valence-electron chi connectivity index (χ3n) is 5.61. The van der Waals surface area contributed by atoms with Gasteiger partial charge in [-0.1, -0.05) is 31.4 Å². The molecule has 4 rings (SSSR count). The smallest absolute Gasteiger partial charge is 0.274 e. The van der Waals surface area contributed by atoms with E-state index in [4.69, 9.17) is 0 Å². The van der Waals surface area contributed by atoms with Crippen LogP contribution in [0.5, 0.6) is 0 Å². The number of nitrogens with zero attached hydrogens (tertiary/aromatic N) is 2. The molecule has 8 heteroatoms. The number of nitrogens with one attached hydrogen (secondary N) is 1. The second kappa shape index (κ2) is 8.18. The molecule has 6 nitrogen and oxygen atoms in total. The van der Waals surface area contributed by atoms with Gasteiger partial charge in [-0.3, -0.25) is 9.48 Å². The van der Waals surface area contributed by atoms with E-state index in [0.29, 0.717) is 23.7 Å².